The molecule has 0 fully saturated rings. The topological polar surface area (TPSA) is 72.7 Å². The van der Waals surface area contributed by atoms with Gasteiger partial charge in [0.1, 0.15) is 0 Å². The number of nitrogens with one attached hydrogen (secondary N) is 2. The fraction of sp³-hybridized carbons (Fsp3) is 0.545. The zero-order valence-electron chi connectivity index (χ0n) is 18.8. The number of aliphatic imine (C=N–C) groups is 1. The maximum Gasteiger partial charge on any atom is 0.191 e. The SMILES string of the molecule is CCNC(=NCCCn1nc(C)cc1C)NCCCc1ccc(OC)c(OC)c1.I. The predicted molar refractivity (Wildman–Crippen MR) is 134 cm³/mol. The molecule has 0 aliphatic heterocycles. The first-order valence-electron chi connectivity index (χ1n) is 10.3. The van der Waals surface area contributed by atoms with Crippen LogP contribution in [0, 0.1) is 13.8 Å². The van der Waals surface area contributed by atoms with E-state index >= 15 is 0 Å². The van der Waals surface area contributed by atoms with Crippen LogP contribution in [-0.4, -0.2) is 49.6 Å². The van der Waals surface area contributed by atoms with Crippen LogP contribution >= 0.6 is 24.0 Å². The molecule has 0 atom stereocenters. The van der Waals surface area contributed by atoms with E-state index in [4.69, 9.17) is 9.47 Å². The molecule has 0 spiro atoms. The standard InChI is InChI=1S/C22H35N5O2.HI/c1-6-23-22(25-13-8-14-27-18(3)15-17(2)26-27)24-12-7-9-19-10-11-20(28-4)21(16-19)29-5;/h10-11,15-16H,6-9,12-14H2,1-5H3,(H2,23,24,25);1H. The summed E-state index contributed by atoms with van der Waals surface area (Å²) in [5.74, 6) is 2.40. The second-order valence-corrected chi connectivity index (χ2v) is 6.98. The zero-order chi connectivity index (χ0) is 21.1. The maximum absolute atomic E-state index is 5.37. The van der Waals surface area contributed by atoms with Crippen molar-refractivity contribution in [2.24, 2.45) is 4.99 Å². The number of hydrogen-bond acceptors (Lipinski definition) is 4. The molecule has 0 aliphatic carbocycles. The van der Waals surface area contributed by atoms with Crippen molar-refractivity contribution in [1.82, 2.24) is 20.4 Å². The number of benzene rings is 1. The van der Waals surface area contributed by atoms with Gasteiger partial charge in [-0.1, -0.05) is 6.07 Å². The highest BCUT2D eigenvalue weighted by atomic mass is 127. The van der Waals surface area contributed by atoms with Gasteiger partial charge >= 0.3 is 0 Å². The van der Waals surface area contributed by atoms with Gasteiger partial charge in [-0.15, -0.1) is 24.0 Å². The molecular formula is C22H36IN5O2. The summed E-state index contributed by atoms with van der Waals surface area (Å²) in [5, 5.41) is 11.2. The van der Waals surface area contributed by atoms with Crippen LogP contribution in [0.5, 0.6) is 11.5 Å². The highest BCUT2D eigenvalue weighted by Gasteiger charge is 2.05. The van der Waals surface area contributed by atoms with E-state index in [1.807, 2.05) is 23.7 Å². The lowest BCUT2D eigenvalue weighted by atomic mass is 10.1. The lowest BCUT2D eigenvalue weighted by Crippen LogP contribution is -2.38. The van der Waals surface area contributed by atoms with Crippen molar-refractivity contribution in [3.05, 3.63) is 41.2 Å². The zero-order valence-corrected chi connectivity index (χ0v) is 21.2. The summed E-state index contributed by atoms with van der Waals surface area (Å²) >= 11 is 0. The normalized spacial score (nSPS) is 11.0. The van der Waals surface area contributed by atoms with Crippen LogP contribution in [0.25, 0.3) is 0 Å². The maximum atomic E-state index is 5.37. The molecule has 2 aromatic rings. The summed E-state index contributed by atoms with van der Waals surface area (Å²) in [6.45, 7) is 9.56. The number of aryl methyl sites for hydroxylation is 4. The number of aromatic nitrogens is 2. The Morgan fingerprint density at radius 2 is 1.83 bits per heavy atom. The van der Waals surface area contributed by atoms with E-state index in [1.165, 1.54) is 11.3 Å². The minimum absolute atomic E-state index is 0. The monoisotopic (exact) mass is 529 g/mol. The summed E-state index contributed by atoms with van der Waals surface area (Å²) in [6, 6.07) is 8.18. The molecule has 1 heterocycles. The van der Waals surface area contributed by atoms with E-state index in [0.717, 1.165) is 68.6 Å². The number of guanidine groups is 1. The molecule has 1 aromatic carbocycles. The highest BCUT2D eigenvalue weighted by molar-refractivity contribution is 14.0. The second kappa shape index (κ2) is 14.1. The van der Waals surface area contributed by atoms with Gasteiger partial charge in [0.25, 0.3) is 0 Å². The van der Waals surface area contributed by atoms with Gasteiger partial charge in [0.05, 0.1) is 19.9 Å². The number of ether oxygens (including phenoxy) is 2. The molecule has 1 aromatic heterocycles. The third kappa shape index (κ3) is 8.41. The Bertz CT molecular complexity index is 792. The Kier molecular flexibility index (Phi) is 12.3. The second-order valence-electron chi connectivity index (χ2n) is 6.98. The van der Waals surface area contributed by atoms with Crippen LogP contribution in [0.2, 0.25) is 0 Å². The molecule has 8 heteroatoms. The number of hydrogen-bond donors (Lipinski definition) is 2. The van der Waals surface area contributed by atoms with Crippen molar-refractivity contribution >= 4 is 29.9 Å². The Labute approximate surface area is 197 Å². The van der Waals surface area contributed by atoms with Crippen LogP contribution in [0.3, 0.4) is 0 Å². The summed E-state index contributed by atoms with van der Waals surface area (Å²) < 4.78 is 12.7. The Hall–Kier alpha value is -1.97. The summed E-state index contributed by atoms with van der Waals surface area (Å²) in [5.41, 5.74) is 3.50. The van der Waals surface area contributed by atoms with Gasteiger partial charge in [-0.25, -0.2) is 0 Å². The van der Waals surface area contributed by atoms with Crippen LogP contribution in [0.1, 0.15) is 36.7 Å². The quantitative estimate of drug-likeness (QED) is 0.201. The van der Waals surface area contributed by atoms with Crippen molar-refractivity contribution in [1.29, 1.82) is 0 Å². The Balaban J connectivity index is 0.00000450. The minimum atomic E-state index is 0. The lowest BCUT2D eigenvalue weighted by molar-refractivity contribution is 0.354. The number of rotatable bonds is 11. The van der Waals surface area contributed by atoms with Crippen LogP contribution in [0.4, 0.5) is 0 Å². The molecule has 0 radical (unpaired) electrons. The fourth-order valence-corrected chi connectivity index (χ4v) is 3.19. The first-order chi connectivity index (χ1) is 14.1. The summed E-state index contributed by atoms with van der Waals surface area (Å²) in [4.78, 5) is 4.68. The first-order valence-corrected chi connectivity index (χ1v) is 10.3. The predicted octanol–water partition coefficient (Wildman–Crippen LogP) is 3.71. The third-order valence-electron chi connectivity index (χ3n) is 4.63. The van der Waals surface area contributed by atoms with Gasteiger partial charge in [0, 0.05) is 31.9 Å². The molecule has 0 aliphatic rings. The smallest absolute Gasteiger partial charge is 0.191 e. The molecule has 0 unspecified atom stereocenters. The first kappa shape index (κ1) is 26.1. The number of nitrogens with zero attached hydrogens (tertiary/aromatic N) is 3. The molecule has 0 amide bonds. The molecule has 2 N–H and O–H groups in total. The Morgan fingerprint density at radius 3 is 2.47 bits per heavy atom. The number of halogens is 1. The molecule has 7 nitrogen and oxygen atoms in total. The lowest BCUT2D eigenvalue weighted by Gasteiger charge is -2.12. The summed E-state index contributed by atoms with van der Waals surface area (Å²) in [6.07, 6.45) is 2.93. The minimum Gasteiger partial charge on any atom is -0.493 e. The molecule has 168 valence electrons. The molecule has 0 saturated heterocycles. The average Bonchev–Trinajstić information content (AvgIpc) is 3.04. The van der Waals surface area contributed by atoms with E-state index in [1.54, 1.807) is 14.2 Å². The van der Waals surface area contributed by atoms with Crippen molar-refractivity contribution in [2.75, 3.05) is 33.9 Å². The van der Waals surface area contributed by atoms with Crippen LogP contribution in [0.15, 0.2) is 29.3 Å². The largest absolute Gasteiger partial charge is 0.493 e. The molecule has 0 saturated carbocycles. The highest BCUT2D eigenvalue weighted by Crippen LogP contribution is 2.27. The van der Waals surface area contributed by atoms with Gasteiger partial charge in [0.2, 0.25) is 0 Å². The van der Waals surface area contributed by atoms with E-state index < -0.39 is 0 Å². The van der Waals surface area contributed by atoms with Crippen LogP contribution < -0.4 is 20.1 Å². The summed E-state index contributed by atoms with van der Waals surface area (Å²) in [7, 11) is 3.32. The van der Waals surface area contributed by atoms with Gasteiger partial charge in [0.15, 0.2) is 17.5 Å². The van der Waals surface area contributed by atoms with Gasteiger partial charge in [-0.3, -0.25) is 9.67 Å². The van der Waals surface area contributed by atoms with Crippen molar-refractivity contribution < 1.29 is 9.47 Å². The third-order valence-corrected chi connectivity index (χ3v) is 4.63. The number of methoxy groups -OCH3 is 2. The molecule has 2 rings (SSSR count). The molecular weight excluding hydrogens is 493 g/mol. The van der Waals surface area contributed by atoms with E-state index in [2.05, 4.69) is 46.7 Å². The van der Waals surface area contributed by atoms with Crippen LogP contribution in [-0.2, 0) is 13.0 Å². The van der Waals surface area contributed by atoms with Gasteiger partial charge in [-0.2, -0.15) is 5.10 Å². The van der Waals surface area contributed by atoms with E-state index in [0.29, 0.717) is 0 Å². The van der Waals surface area contributed by atoms with Crippen molar-refractivity contribution in [3.8, 4) is 11.5 Å². The Morgan fingerprint density at radius 1 is 1.07 bits per heavy atom. The van der Waals surface area contributed by atoms with Gasteiger partial charge < -0.3 is 20.1 Å². The molecule has 30 heavy (non-hydrogen) atoms. The van der Waals surface area contributed by atoms with Gasteiger partial charge in [-0.05, 0) is 63.8 Å². The average molecular weight is 529 g/mol. The van der Waals surface area contributed by atoms with E-state index in [-0.39, 0.29) is 24.0 Å². The fourth-order valence-electron chi connectivity index (χ4n) is 3.19. The van der Waals surface area contributed by atoms with Crippen molar-refractivity contribution in [2.45, 2.75) is 46.6 Å². The van der Waals surface area contributed by atoms with E-state index in [9.17, 15) is 0 Å². The molecule has 0 bridgehead atoms. The van der Waals surface area contributed by atoms with Crippen molar-refractivity contribution in [3.63, 3.8) is 0 Å².